The molecule has 0 unspecified atom stereocenters. The van der Waals surface area contributed by atoms with E-state index in [1.165, 1.54) is 51.0 Å². The van der Waals surface area contributed by atoms with Crippen LogP contribution in [-0.4, -0.2) is 6.61 Å². The van der Waals surface area contributed by atoms with Crippen molar-refractivity contribution in [2.24, 2.45) is 0 Å². The largest absolute Gasteiger partial charge is 0.435 e. The molecule has 0 radical (unpaired) electrons. The third-order valence-corrected chi connectivity index (χ3v) is 2.92. The molecule has 0 saturated carbocycles. The summed E-state index contributed by atoms with van der Waals surface area (Å²) in [6.07, 6.45) is 9.97. The van der Waals surface area contributed by atoms with Gasteiger partial charge in [0.1, 0.15) is 5.75 Å². The first-order chi connectivity index (χ1) is 9.60. The maximum absolute atomic E-state index is 11.6. The molecule has 0 N–H and O–H groups in total. The van der Waals surface area contributed by atoms with E-state index in [-0.39, 0.29) is 5.75 Å². The van der Waals surface area contributed by atoms with Gasteiger partial charge in [0.25, 0.3) is 0 Å². The highest BCUT2D eigenvalue weighted by atomic mass is 19.3. The Balaban J connectivity index is 0.000000370. The Hall–Kier alpha value is -1.12. The van der Waals surface area contributed by atoms with Gasteiger partial charge in [0.05, 0.1) is 0 Å². The molecular weight excluding hydrogens is 258 g/mol. The lowest BCUT2D eigenvalue weighted by Gasteiger charge is -2.03. The van der Waals surface area contributed by atoms with E-state index in [2.05, 4.69) is 18.6 Å². The first-order valence-electron chi connectivity index (χ1n) is 7.61. The molecule has 0 aromatic heterocycles. The van der Waals surface area contributed by atoms with Crippen molar-refractivity contribution in [3.8, 4) is 5.75 Å². The van der Waals surface area contributed by atoms with Crippen molar-refractivity contribution in [1.82, 2.24) is 0 Å². The Morgan fingerprint density at radius 3 is 1.95 bits per heavy atom. The fraction of sp³-hybridized carbons (Fsp3) is 0.647. The van der Waals surface area contributed by atoms with Crippen LogP contribution in [0.3, 0.4) is 0 Å². The number of rotatable bonds is 8. The van der Waals surface area contributed by atoms with E-state index in [0.717, 1.165) is 5.56 Å². The van der Waals surface area contributed by atoms with Gasteiger partial charge in [-0.3, -0.25) is 0 Å². The van der Waals surface area contributed by atoms with Crippen molar-refractivity contribution in [3.05, 3.63) is 29.8 Å². The van der Waals surface area contributed by atoms with Crippen LogP contribution in [0.5, 0.6) is 5.75 Å². The smallest absolute Gasteiger partial charge is 0.387 e. The van der Waals surface area contributed by atoms with E-state index in [4.69, 9.17) is 0 Å². The summed E-state index contributed by atoms with van der Waals surface area (Å²) in [5.41, 5.74) is 0.906. The second-order valence-electron chi connectivity index (χ2n) is 4.96. The van der Waals surface area contributed by atoms with Gasteiger partial charge in [-0.05, 0) is 24.6 Å². The average molecular weight is 286 g/mol. The Kier molecular flexibility index (Phi) is 12.2. The van der Waals surface area contributed by atoms with Gasteiger partial charge < -0.3 is 4.74 Å². The average Bonchev–Trinajstić information content (AvgIpc) is 2.39. The SMILES string of the molecule is CCCCCCCCC.Cc1cccc(OC(F)F)c1. The first kappa shape index (κ1) is 18.9. The molecule has 1 aromatic rings. The fourth-order valence-corrected chi connectivity index (χ4v) is 1.82. The molecule has 1 aromatic carbocycles. The molecule has 20 heavy (non-hydrogen) atoms. The number of unbranched alkanes of at least 4 members (excludes halogenated alkanes) is 6. The number of hydrogen-bond acceptors (Lipinski definition) is 1. The van der Waals surface area contributed by atoms with Gasteiger partial charge in [-0.1, -0.05) is 70.9 Å². The van der Waals surface area contributed by atoms with Crippen molar-refractivity contribution < 1.29 is 13.5 Å². The molecule has 116 valence electrons. The van der Waals surface area contributed by atoms with Gasteiger partial charge in [-0.25, -0.2) is 0 Å². The van der Waals surface area contributed by atoms with Crippen LogP contribution >= 0.6 is 0 Å². The Morgan fingerprint density at radius 1 is 0.950 bits per heavy atom. The van der Waals surface area contributed by atoms with Crippen molar-refractivity contribution >= 4 is 0 Å². The normalized spacial score (nSPS) is 10.1. The van der Waals surface area contributed by atoms with Gasteiger partial charge in [0.15, 0.2) is 0 Å². The highest BCUT2D eigenvalue weighted by Crippen LogP contribution is 2.14. The number of benzene rings is 1. The van der Waals surface area contributed by atoms with Gasteiger partial charge in [-0.2, -0.15) is 8.78 Å². The zero-order valence-electron chi connectivity index (χ0n) is 13.0. The van der Waals surface area contributed by atoms with Crippen LogP contribution in [0.1, 0.15) is 64.4 Å². The van der Waals surface area contributed by atoms with E-state index < -0.39 is 6.61 Å². The van der Waals surface area contributed by atoms with Gasteiger partial charge in [0.2, 0.25) is 0 Å². The number of hydrogen-bond donors (Lipinski definition) is 0. The lowest BCUT2D eigenvalue weighted by molar-refractivity contribution is -0.0498. The Morgan fingerprint density at radius 2 is 1.50 bits per heavy atom. The second-order valence-corrected chi connectivity index (χ2v) is 4.96. The summed E-state index contributed by atoms with van der Waals surface area (Å²) in [6, 6.07) is 6.55. The molecule has 0 bridgehead atoms. The van der Waals surface area contributed by atoms with Gasteiger partial charge in [-0.15, -0.1) is 0 Å². The number of aryl methyl sites for hydroxylation is 1. The van der Waals surface area contributed by atoms with Crippen LogP contribution in [0.4, 0.5) is 8.78 Å². The molecule has 0 heterocycles. The zero-order valence-corrected chi connectivity index (χ0v) is 13.0. The van der Waals surface area contributed by atoms with Crippen LogP contribution in [0.2, 0.25) is 0 Å². The highest BCUT2D eigenvalue weighted by molar-refractivity contribution is 5.27. The summed E-state index contributed by atoms with van der Waals surface area (Å²) in [6.45, 7) is 3.61. The second kappa shape index (κ2) is 12.9. The molecular formula is C17H28F2O. The van der Waals surface area contributed by atoms with E-state index in [1.807, 2.05) is 13.0 Å². The van der Waals surface area contributed by atoms with E-state index in [9.17, 15) is 8.78 Å². The van der Waals surface area contributed by atoms with Crippen molar-refractivity contribution in [1.29, 1.82) is 0 Å². The lowest BCUT2D eigenvalue weighted by atomic mass is 10.1. The molecule has 0 saturated heterocycles. The minimum absolute atomic E-state index is 0.208. The minimum atomic E-state index is -2.74. The summed E-state index contributed by atoms with van der Waals surface area (Å²) in [5, 5.41) is 0. The maximum atomic E-state index is 11.6. The number of halogens is 2. The predicted molar refractivity (Wildman–Crippen MR) is 81.5 cm³/mol. The predicted octanol–water partition coefficient (Wildman–Crippen LogP) is 6.35. The minimum Gasteiger partial charge on any atom is -0.435 e. The van der Waals surface area contributed by atoms with Crippen molar-refractivity contribution in [3.63, 3.8) is 0 Å². The van der Waals surface area contributed by atoms with E-state index in [0.29, 0.717) is 0 Å². The van der Waals surface area contributed by atoms with Crippen LogP contribution in [0.25, 0.3) is 0 Å². The van der Waals surface area contributed by atoms with Gasteiger partial charge >= 0.3 is 6.61 Å². The number of ether oxygens (including phenoxy) is 1. The maximum Gasteiger partial charge on any atom is 0.387 e. The van der Waals surface area contributed by atoms with Crippen LogP contribution in [0.15, 0.2) is 24.3 Å². The zero-order chi connectivity index (χ0) is 15.2. The molecule has 0 atom stereocenters. The van der Waals surface area contributed by atoms with Crippen LogP contribution < -0.4 is 4.74 Å². The van der Waals surface area contributed by atoms with E-state index in [1.54, 1.807) is 12.1 Å². The molecule has 1 nitrogen and oxygen atoms in total. The molecule has 0 fully saturated rings. The number of alkyl halides is 2. The molecule has 0 aliphatic rings. The highest BCUT2D eigenvalue weighted by Gasteiger charge is 2.02. The third-order valence-electron chi connectivity index (χ3n) is 2.92. The molecule has 0 amide bonds. The van der Waals surface area contributed by atoms with E-state index >= 15 is 0 Å². The topological polar surface area (TPSA) is 9.23 Å². The molecule has 0 aliphatic heterocycles. The third kappa shape index (κ3) is 11.9. The molecule has 0 aliphatic carbocycles. The fourth-order valence-electron chi connectivity index (χ4n) is 1.82. The molecule has 0 spiro atoms. The quantitative estimate of drug-likeness (QED) is 0.506. The Labute approximate surface area is 122 Å². The monoisotopic (exact) mass is 286 g/mol. The summed E-state index contributed by atoms with van der Waals surface area (Å²) < 4.78 is 27.4. The summed E-state index contributed by atoms with van der Waals surface area (Å²) in [5.74, 6) is 0.208. The van der Waals surface area contributed by atoms with Crippen molar-refractivity contribution in [2.45, 2.75) is 72.3 Å². The molecule has 3 heteroatoms. The standard InChI is InChI=1S/C9H20.C8H8F2O/c1-3-5-7-9-8-6-4-2;1-6-3-2-4-7(5-6)11-8(9)10/h3-9H2,1-2H3;2-5,8H,1H3. The summed E-state index contributed by atoms with van der Waals surface area (Å²) in [4.78, 5) is 0. The van der Waals surface area contributed by atoms with Crippen LogP contribution in [-0.2, 0) is 0 Å². The van der Waals surface area contributed by atoms with Gasteiger partial charge in [0, 0.05) is 0 Å². The summed E-state index contributed by atoms with van der Waals surface area (Å²) in [7, 11) is 0. The van der Waals surface area contributed by atoms with Crippen LogP contribution in [0, 0.1) is 6.92 Å². The summed E-state index contributed by atoms with van der Waals surface area (Å²) >= 11 is 0. The Bertz CT molecular complexity index is 321. The molecule has 1 rings (SSSR count). The lowest BCUT2D eigenvalue weighted by Crippen LogP contribution is -2.01. The first-order valence-corrected chi connectivity index (χ1v) is 7.61. The van der Waals surface area contributed by atoms with Crippen molar-refractivity contribution in [2.75, 3.05) is 0 Å².